The molecule has 0 heterocycles. The van der Waals surface area contributed by atoms with Crippen molar-refractivity contribution in [3.8, 4) is 0 Å². The van der Waals surface area contributed by atoms with Crippen LogP contribution in [0.25, 0.3) is 0 Å². The lowest BCUT2D eigenvalue weighted by atomic mass is 10.1. The highest BCUT2D eigenvalue weighted by molar-refractivity contribution is 5.32. The maximum Gasteiger partial charge on any atom is -0.00119 e. The topological polar surface area (TPSA) is 0 Å². The van der Waals surface area contributed by atoms with E-state index in [1.807, 2.05) is 0 Å². The zero-order valence-electron chi connectivity index (χ0n) is 2.81. The zero-order valence-corrected chi connectivity index (χ0v) is 2.81. The Hall–Kier alpha value is -0.260. The molecule has 1 saturated carbocycles. The van der Waals surface area contributed by atoms with E-state index >= 15 is 0 Å². The summed E-state index contributed by atoms with van der Waals surface area (Å²) < 4.78 is 0. The van der Waals surface area contributed by atoms with Crippen LogP contribution in [-0.2, 0) is 0 Å². The van der Waals surface area contributed by atoms with E-state index < -0.39 is 0 Å². The molecular weight excluding hydrogens is 60.1 g/mol. The summed E-state index contributed by atoms with van der Waals surface area (Å²) in [6.45, 7) is 0. The van der Waals surface area contributed by atoms with E-state index in [9.17, 15) is 0 Å². The first-order chi connectivity index (χ1) is 2.47. The highest BCUT2D eigenvalue weighted by Gasteiger charge is 2.39. The largest absolute Gasteiger partial charge is 0.0839 e. The van der Waals surface area contributed by atoms with Gasteiger partial charge in [0.05, 0.1) is 0 Å². The zero-order chi connectivity index (χ0) is 3.28. The number of allylic oxidation sites excluding steroid dienone is 2. The Labute approximate surface area is 31.5 Å². The molecule has 0 spiro atoms. The van der Waals surface area contributed by atoms with Crippen LogP contribution in [-0.4, -0.2) is 0 Å². The highest BCUT2D eigenvalue weighted by Crippen LogP contribution is 2.47. The first-order valence-corrected chi connectivity index (χ1v) is 1.91. The van der Waals surface area contributed by atoms with E-state index in [0.29, 0.717) is 0 Å². The summed E-state index contributed by atoms with van der Waals surface area (Å²) in [4.78, 5) is 0. The Morgan fingerprint density at radius 2 is 1.80 bits per heavy atom. The van der Waals surface area contributed by atoms with Crippen LogP contribution in [0.2, 0.25) is 0 Å². The monoisotopic (exact) mass is 64.0 g/mol. The third kappa shape index (κ3) is 0.0982. The molecule has 2 aliphatic carbocycles. The molecule has 0 N–H and O–H groups in total. The van der Waals surface area contributed by atoms with Crippen LogP contribution in [0.3, 0.4) is 0 Å². The average molecular weight is 64.1 g/mol. The normalized spacial score (nSPS) is 54.4. The molecule has 5 heavy (non-hydrogen) atoms. The molecule has 0 saturated heterocycles. The molecule has 24 valence electrons. The summed E-state index contributed by atoms with van der Waals surface area (Å²) >= 11 is 0. The fourth-order valence-electron chi connectivity index (χ4n) is 0.611. The number of rotatable bonds is 0. The molecule has 0 aromatic carbocycles. The van der Waals surface area contributed by atoms with E-state index in [1.54, 1.807) is 0 Å². The van der Waals surface area contributed by atoms with Crippen molar-refractivity contribution in [3.05, 3.63) is 18.6 Å². The minimum atomic E-state index is 0.801. The van der Waals surface area contributed by atoms with Gasteiger partial charge in [-0.15, -0.1) is 0 Å². The Bertz CT molecular complexity index is 72.0. The predicted octanol–water partition coefficient (Wildman–Crippen LogP) is 0.883. The molecule has 0 nitrogen and oxygen atoms in total. The molecule has 0 aromatic heterocycles. The van der Waals surface area contributed by atoms with Gasteiger partial charge in [0.1, 0.15) is 0 Å². The highest BCUT2D eigenvalue weighted by atomic mass is 14.4. The Kier molecular flexibility index (Phi) is 0.148. The third-order valence-corrected chi connectivity index (χ3v) is 1.19. The number of hydrogen-bond donors (Lipinski definition) is 0. The molecule has 2 radical (unpaired) electrons. The molecule has 0 aliphatic heterocycles. The fourth-order valence-corrected chi connectivity index (χ4v) is 0.611. The predicted molar refractivity (Wildman–Crippen MR) is 19.4 cm³/mol. The molecule has 2 aliphatic rings. The van der Waals surface area contributed by atoms with Gasteiger partial charge in [0.2, 0.25) is 0 Å². The van der Waals surface area contributed by atoms with Crippen molar-refractivity contribution in [2.24, 2.45) is 11.8 Å². The summed E-state index contributed by atoms with van der Waals surface area (Å²) in [5, 5.41) is 0. The quantitative estimate of drug-likeness (QED) is 0.367. The van der Waals surface area contributed by atoms with Crippen molar-refractivity contribution < 1.29 is 0 Å². The minimum absolute atomic E-state index is 0.801. The Morgan fingerprint density at radius 1 is 1.20 bits per heavy atom. The molecule has 0 bridgehead atoms. The SMILES string of the molecule is [C]1C2C=CC12. The van der Waals surface area contributed by atoms with Crippen LogP contribution in [0.15, 0.2) is 12.2 Å². The molecule has 2 atom stereocenters. The third-order valence-electron chi connectivity index (χ3n) is 1.19. The van der Waals surface area contributed by atoms with Crippen LogP contribution < -0.4 is 0 Å². The second kappa shape index (κ2) is 0.368. The van der Waals surface area contributed by atoms with Gasteiger partial charge in [-0.05, 0) is 18.3 Å². The summed E-state index contributed by atoms with van der Waals surface area (Å²) in [6, 6.07) is 0. The average Bonchev–Trinajstić information content (AvgIpc) is 1.74. The lowest BCUT2D eigenvalue weighted by Gasteiger charge is -1.90. The van der Waals surface area contributed by atoms with Gasteiger partial charge in [-0.1, -0.05) is 12.2 Å². The Morgan fingerprint density at radius 3 is 1.80 bits per heavy atom. The first kappa shape index (κ1) is 2.01. The molecule has 2 rings (SSSR count). The lowest BCUT2D eigenvalue weighted by Crippen LogP contribution is -1.80. The summed E-state index contributed by atoms with van der Waals surface area (Å²) in [5.41, 5.74) is 0. The summed E-state index contributed by atoms with van der Waals surface area (Å²) in [6.07, 6.45) is 7.56. The van der Waals surface area contributed by atoms with Crippen molar-refractivity contribution in [3.63, 3.8) is 0 Å². The maximum atomic E-state index is 3.19. The smallest absolute Gasteiger partial charge is 0.00119 e. The standard InChI is InChI=1S/C5H4/c1-2-5-3-4(1)5/h1-2,4-5H. The van der Waals surface area contributed by atoms with E-state index in [2.05, 4.69) is 18.6 Å². The minimum Gasteiger partial charge on any atom is -0.0839 e. The van der Waals surface area contributed by atoms with Crippen molar-refractivity contribution in [2.75, 3.05) is 0 Å². The first-order valence-electron chi connectivity index (χ1n) is 1.91. The van der Waals surface area contributed by atoms with Gasteiger partial charge in [-0.25, -0.2) is 0 Å². The van der Waals surface area contributed by atoms with E-state index in [4.69, 9.17) is 0 Å². The van der Waals surface area contributed by atoms with Crippen molar-refractivity contribution in [1.82, 2.24) is 0 Å². The van der Waals surface area contributed by atoms with Gasteiger partial charge >= 0.3 is 0 Å². The van der Waals surface area contributed by atoms with Crippen LogP contribution >= 0.6 is 0 Å². The number of hydrogen-bond acceptors (Lipinski definition) is 0. The lowest BCUT2D eigenvalue weighted by molar-refractivity contribution is 0.907. The second-order valence-corrected chi connectivity index (χ2v) is 1.60. The molecule has 1 fully saturated rings. The Balaban J connectivity index is 2.46. The maximum absolute atomic E-state index is 3.19. The van der Waals surface area contributed by atoms with E-state index in [1.165, 1.54) is 0 Å². The van der Waals surface area contributed by atoms with Crippen LogP contribution in [0, 0.1) is 18.3 Å². The molecule has 0 aromatic rings. The van der Waals surface area contributed by atoms with Gasteiger partial charge in [0, 0.05) is 0 Å². The molecule has 0 amide bonds. The second-order valence-electron chi connectivity index (χ2n) is 1.60. The fraction of sp³-hybridized carbons (Fsp3) is 0.400. The molecule has 2 unspecified atom stereocenters. The summed E-state index contributed by atoms with van der Waals surface area (Å²) in [5.74, 6) is 1.60. The van der Waals surface area contributed by atoms with Crippen LogP contribution in [0.1, 0.15) is 0 Å². The molecule has 0 heteroatoms. The van der Waals surface area contributed by atoms with Crippen LogP contribution in [0.5, 0.6) is 0 Å². The van der Waals surface area contributed by atoms with Gasteiger partial charge in [0.25, 0.3) is 0 Å². The van der Waals surface area contributed by atoms with Gasteiger partial charge < -0.3 is 0 Å². The van der Waals surface area contributed by atoms with Crippen LogP contribution in [0.4, 0.5) is 0 Å². The van der Waals surface area contributed by atoms with Crippen molar-refractivity contribution >= 4 is 0 Å². The number of fused-ring (bicyclic) bond motifs is 1. The van der Waals surface area contributed by atoms with Crippen molar-refractivity contribution in [1.29, 1.82) is 0 Å². The van der Waals surface area contributed by atoms with E-state index in [-0.39, 0.29) is 0 Å². The van der Waals surface area contributed by atoms with Gasteiger partial charge in [-0.3, -0.25) is 0 Å². The molecular formula is C5H4. The van der Waals surface area contributed by atoms with E-state index in [0.717, 1.165) is 11.8 Å². The van der Waals surface area contributed by atoms with Gasteiger partial charge in [-0.2, -0.15) is 0 Å². The summed E-state index contributed by atoms with van der Waals surface area (Å²) in [7, 11) is 0. The van der Waals surface area contributed by atoms with Crippen molar-refractivity contribution in [2.45, 2.75) is 0 Å². The van der Waals surface area contributed by atoms with Gasteiger partial charge in [0.15, 0.2) is 0 Å².